The zero-order valence-corrected chi connectivity index (χ0v) is 7.68. The van der Waals surface area contributed by atoms with Crippen LogP contribution >= 0.6 is 0 Å². The molecule has 1 N–H and O–H groups in total. The van der Waals surface area contributed by atoms with Gasteiger partial charge >= 0.3 is 0 Å². The Bertz CT molecular complexity index is 280. The summed E-state index contributed by atoms with van der Waals surface area (Å²) in [5, 5.41) is 9.89. The lowest BCUT2D eigenvalue weighted by molar-refractivity contribution is -0.134. The third kappa shape index (κ3) is 1.92. The second-order valence-electron chi connectivity index (χ2n) is 4.03. The lowest BCUT2D eigenvalue weighted by Crippen LogP contribution is -2.39. The number of rotatable bonds is 0. The highest BCUT2D eigenvalue weighted by atomic mass is 16.3. The molecule has 0 aromatic heterocycles. The fourth-order valence-electron chi connectivity index (χ4n) is 1.59. The van der Waals surface area contributed by atoms with Crippen LogP contribution in [0, 0.1) is 17.8 Å². The van der Waals surface area contributed by atoms with Gasteiger partial charge in [-0.2, -0.15) is 0 Å². The summed E-state index contributed by atoms with van der Waals surface area (Å²) < 4.78 is 0. The third-order valence-electron chi connectivity index (χ3n) is 2.71. The third-order valence-corrected chi connectivity index (χ3v) is 2.71. The number of aliphatic hydroxyl groups is 1. The highest BCUT2D eigenvalue weighted by molar-refractivity contribution is 5.91. The fraction of sp³-hybridized carbons (Fsp3) is 0.727. The Balaban J connectivity index is 2.08. The van der Waals surface area contributed by atoms with Crippen LogP contribution in [0.4, 0.5) is 0 Å². The van der Waals surface area contributed by atoms with Crippen LogP contribution < -0.4 is 0 Å². The lowest BCUT2D eigenvalue weighted by atomic mass is 9.84. The van der Waals surface area contributed by atoms with Crippen molar-refractivity contribution in [2.45, 2.75) is 44.1 Å². The summed E-state index contributed by atoms with van der Waals surface area (Å²) in [5.41, 5.74) is -1.29. The van der Waals surface area contributed by atoms with E-state index in [0.29, 0.717) is 18.8 Å². The van der Waals surface area contributed by atoms with E-state index >= 15 is 0 Å². The molecule has 2 fully saturated rings. The van der Waals surface area contributed by atoms with Crippen LogP contribution in [0.2, 0.25) is 0 Å². The van der Waals surface area contributed by atoms with Crippen molar-refractivity contribution in [2.75, 3.05) is 0 Å². The Morgan fingerprint density at radius 2 is 2.15 bits per heavy atom. The van der Waals surface area contributed by atoms with Gasteiger partial charge in [0.05, 0.1) is 0 Å². The predicted molar refractivity (Wildman–Crippen MR) is 48.9 cm³/mol. The van der Waals surface area contributed by atoms with Gasteiger partial charge in [0.1, 0.15) is 0 Å². The summed E-state index contributed by atoms with van der Waals surface area (Å²) in [6.45, 7) is 0. The smallest absolute Gasteiger partial charge is 0.184 e. The van der Waals surface area contributed by atoms with Gasteiger partial charge in [0.2, 0.25) is 0 Å². The first-order valence-corrected chi connectivity index (χ1v) is 4.99. The van der Waals surface area contributed by atoms with Crippen LogP contribution in [-0.2, 0) is 4.79 Å². The van der Waals surface area contributed by atoms with Gasteiger partial charge in [-0.15, -0.1) is 0 Å². The molecule has 0 aromatic carbocycles. The highest BCUT2D eigenvalue weighted by Gasteiger charge is 2.36. The highest BCUT2D eigenvalue weighted by Crippen LogP contribution is 2.29. The Labute approximate surface area is 78.3 Å². The minimum absolute atomic E-state index is 0.0769. The summed E-state index contributed by atoms with van der Waals surface area (Å²) in [5.74, 6) is 6.12. The van der Waals surface area contributed by atoms with Crippen molar-refractivity contribution in [3.8, 4) is 11.8 Å². The van der Waals surface area contributed by atoms with E-state index in [9.17, 15) is 9.90 Å². The zero-order valence-electron chi connectivity index (χ0n) is 7.68. The molecule has 2 aliphatic rings. The van der Waals surface area contributed by atoms with E-state index in [4.69, 9.17) is 0 Å². The molecule has 0 aliphatic heterocycles. The van der Waals surface area contributed by atoms with Crippen molar-refractivity contribution >= 4 is 5.78 Å². The van der Waals surface area contributed by atoms with E-state index in [1.807, 2.05) is 0 Å². The van der Waals surface area contributed by atoms with Gasteiger partial charge in [0.25, 0.3) is 0 Å². The summed E-state index contributed by atoms with van der Waals surface area (Å²) >= 11 is 0. The van der Waals surface area contributed by atoms with Gasteiger partial charge in [0, 0.05) is 12.3 Å². The minimum Gasteiger partial charge on any atom is -0.371 e. The molecule has 0 amide bonds. The molecule has 2 saturated carbocycles. The maximum atomic E-state index is 11.4. The van der Waals surface area contributed by atoms with Crippen molar-refractivity contribution < 1.29 is 9.90 Å². The van der Waals surface area contributed by atoms with Crippen LogP contribution in [-0.4, -0.2) is 16.5 Å². The zero-order chi connectivity index (χ0) is 9.31. The molecule has 0 bridgehead atoms. The molecular weight excluding hydrogens is 164 g/mol. The summed E-state index contributed by atoms with van der Waals surface area (Å²) in [4.78, 5) is 11.4. The second kappa shape index (κ2) is 3.16. The molecule has 0 radical (unpaired) electrons. The average Bonchev–Trinajstić information content (AvgIpc) is 2.91. The molecule has 2 rings (SSSR count). The number of ketones is 1. The molecule has 70 valence electrons. The van der Waals surface area contributed by atoms with E-state index in [0.717, 1.165) is 25.7 Å². The molecule has 1 unspecified atom stereocenters. The van der Waals surface area contributed by atoms with Crippen LogP contribution in [0.15, 0.2) is 0 Å². The SMILES string of the molecule is O=C1CCCCC1(O)C#CC1CC1. The van der Waals surface area contributed by atoms with E-state index in [1.54, 1.807) is 0 Å². The predicted octanol–water partition coefficient (Wildman–Crippen LogP) is 1.27. The van der Waals surface area contributed by atoms with E-state index < -0.39 is 5.60 Å². The molecule has 2 nitrogen and oxygen atoms in total. The van der Waals surface area contributed by atoms with Gasteiger partial charge in [0.15, 0.2) is 11.4 Å². The Kier molecular flexibility index (Phi) is 2.13. The standard InChI is InChI=1S/C11H14O2/c12-10-3-1-2-7-11(10,13)8-6-9-4-5-9/h9,13H,1-5,7H2. The fourth-order valence-corrected chi connectivity index (χ4v) is 1.59. The number of hydrogen-bond acceptors (Lipinski definition) is 2. The molecule has 2 aliphatic carbocycles. The van der Waals surface area contributed by atoms with Gasteiger partial charge in [-0.1, -0.05) is 11.8 Å². The molecule has 1 atom stereocenters. The number of carbonyl (C=O) groups is 1. The molecule has 0 heterocycles. The molecule has 0 aromatic rings. The Hall–Kier alpha value is -0.810. The Morgan fingerprint density at radius 3 is 2.77 bits per heavy atom. The van der Waals surface area contributed by atoms with Crippen LogP contribution in [0.3, 0.4) is 0 Å². The van der Waals surface area contributed by atoms with Crippen molar-refractivity contribution in [1.82, 2.24) is 0 Å². The quantitative estimate of drug-likeness (QED) is 0.567. The second-order valence-corrected chi connectivity index (χ2v) is 4.03. The maximum Gasteiger partial charge on any atom is 0.184 e. The number of carbonyl (C=O) groups excluding carboxylic acids is 1. The summed E-state index contributed by atoms with van der Waals surface area (Å²) in [7, 11) is 0. The molecular formula is C11H14O2. The van der Waals surface area contributed by atoms with E-state index in [1.165, 1.54) is 0 Å². The largest absolute Gasteiger partial charge is 0.371 e. The van der Waals surface area contributed by atoms with Crippen molar-refractivity contribution in [3.63, 3.8) is 0 Å². The van der Waals surface area contributed by atoms with E-state index in [2.05, 4.69) is 11.8 Å². The Morgan fingerprint density at radius 1 is 1.38 bits per heavy atom. The first kappa shape index (κ1) is 8.77. The van der Waals surface area contributed by atoms with Crippen LogP contribution in [0.1, 0.15) is 38.5 Å². The molecule has 0 saturated heterocycles. The molecule has 0 spiro atoms. The number of Topliss-reactive ketones (excluding diaryl/α,β-unsaturated/α-hetero) is 1. The number of hydrogen-bond donors (Lipinski definition) is 1. The topological polar surface area (TPSA) is 37.3 Å². The minimum atomic E-state index is -1.29. The summed E-state index contributed by atoms with van der Waals surface area (Å²) in [6, 6.07) is 0. The van der Waals surface area contributed by atoms with Gasteiger partial charge < -0.3 is 5.11 Å². The maximum absolute atomic E-state index is 11.4. The van der Waals surface area contributed by atoms with Crippen LogP contribution in [0.5, 0.6) is 0 Å². The molecule has 13 heavy (non-hydrogen) atoms. The van der Waals surface area contributed by atoms with Crippen molar-refractivity contribution in [3.05, 3.63) is 0 Å². The average molecular weight is 178 g/mol. The van der Waals surface area contributed by atoms with E-state index in [-0.39, 0.29) is 5.78 Å². The van der Waals surface area contributed by atoms with Gasteiger partial charge in [-0.25, -0.2) is 0 Å². The van der Waals surface area contributed by atoms with Gasteiger partial charge in [-0.05, 0) is 32.1 Å². The molecule has 2 heteroatoms. The van der Waals surface area contributed by atoms with Gasteiger partial charge in [-0.3, -0.25) is 4.79 Å². The van der Waals surface area contributed by atoms with Crippen molar-refractivity contribution in [2.24, 2.45) is 5.92 Å². The van der Waals surface area contributed by atoms with Crippen molar-refractivity contribution in [1.29, 1.82) is 0 Å². The monoisotopic (exact) mass is 178 g/mol. The normalized spacial score (nSPS) is 33.8. The lowest BCUT2D eigenvalue weighted by Gasteiger charge is -2.24. The first-order chi connectivity index (χ1) is 6.21. The first-order valence-electron chi connectivity index (χ1n) is 4.99. The van der Waals surface area contributed by atoms with Crippen LogP contribution in [0.25, 0.3) is 0 Å². The summed E-state index contributed by atoms with van der Waals surface area (Å²) in [6.07, 6.45) is 5.13.